The number of halogens is 2. The maximum atomic E-state index is 3.59. The summed E-state index contributed by atoms with van der Waals surface area (Å²) >= 11 is 3.59. The second-order valence-corrected chi connectivity index (χ2v) is 7.62. The van der Waals surface area contributed by atoms with Crippen LogP contribution < -0.4 is 15.9 Å². The topological polar surface area (TPSA) is 0 Å². The van der Waals surface area contributed by atoms with Gasteiger partial charge in [0.1, 0.15) is 0 Å². The SMILES string of the molecule is Br.Brc1cccc(P(c2ccccc2)c2ccccc2)c1. The van der Waals surface area contributed by atoms with Gasteiger partial charge in [-0.3, -0.25) is 0 Å². The van der Waals surface area contributed by atoms with Crippen LogP contribution in [0.25, 0.3) is 0 Å². The number of hydrogen-bond acceptors (Lipinski definition) is 0. The maximum absolute atomic E-state index is 3.59. The van der Waals surface area contributed by atoms with Gasteiger partial charge in [-0.05, 0) is 36.0 Å². The molecule has 0 aliphatic heterocycles. The normalized spacial score (nSPS) is 10.2. The molecular formula is C18H15Br2P. The molecule has 0 aliphatic carbocycles. The van der Waals surface area contributed by atoms with E-state index in [1.54, 1.807) is 0 Å². The van der Waals surface area contributed by atoms with Crippen LogP contribution in [0.3, 0.4) is 0 Å². The van der Waals surface area contributed by atoms with Crippen molar-refractivity contribution in [2.45, 2.75) is 0 Å². The first kappa shape index (κ1) is 16.4. The third-order valence-electron chi connectivity index (χ3n) is 3.10. The van der Waals surface area contributed by atoms with E-state index in [0.717, 1.165) is 4.47 Å². The Balaban J connectivity index is 0.00000161. The molecule has 0 radical (unpaired) electrons. The van der Waals surface area contributed by atoms with Crippen LogP contribution in [0.15, 0.2) is 89.4 Å². The van der Waals surface area contributed by atoms with Crippen LogP contribution in [-0.4, -0.2) is 0 Å². The lowest BCUT2D eigenvalue weighted by atomic mass is 10.4. The van der Waals surface area contributed by atoms with E-state index in [4.69, 9.17) is 0 Å². The molecule has 0 nitrogen and oxygen atoms in total. The molecule has 21 heavy (non-hydrogen) atoms. The molecule has 0 aromatic heterocycles. The molecular weight excluding hydrogens is 407 g/mol. The molecule has 3 heteroatoms. The van der Waals surface area contributed by atoms with Crippen LogP contribution in [0.2, 0.25) is 0 Å². The average molecular weight is 422 g/mol. The molecule has 0 saturated carbocycles. The summed E-state index contributed by atoms with van der Waals surface area (Å²) in [6.07, 6.45) is 0. The lowest BCUT2D eigenvalue weighted by Gasteiger charge is -2.19. The van der Waals surface area contributed by atoms with Gasteiger partial charge in [-0.2, -0.15) is 0 Å². The molecule has 0 spiro atoms. The third-order valence-corrected chi connectivity index (χ3v) is 6.01. The number of rotatable bonds is 3. The Kier molecular flexibility index (Phi) is 6.17. The fourth-order valence-corrected chi connectivity index (χ4v) is 5.13. The largest absolute Gasteiger partial charge is 0.114 e. The fraction of sp³-hybridized carbons (Fsp3) is 0. The van der Waals surface area contributed by atoms with Gasteiger partial charge in [-0.15, -0.1) is 17.0 Å². The summed E-state index contributed by atoms with van der Waals surface area (Å²) in [4.78, 5) is 0. The van der Waals surface area contributed by atoms with Gasteiger partial charge in [0.2, 0.25) is 0 Å². The molecule has 0 fully saturated rings. The van der Waals surface area contributed by atoms with Gasteiger partial charge < -0.3 is 0 Å². The fourth-order valence-electron chi connectivity index (χ4n) is 2.22. The summed E-state index contributed by atoms with van der Waals surface area (Å²) in [6.45, 7) is 0. The molecule has 0 unspecified atom stereocenters. The van der Waals surface area contributed by atoms with Crippen molar-refractivity contribution in [1.82, 2.24) is 0 Å². The molecule has 0 amide bonds. The first-order chi connectivity index (χ1) is 9.84. The Bertz CT molecular complexity index is 644. The smallest absolute Gasteiger partial charge is 0.0181 e. The zero-order valence-electron chi connectivity index (χ0n) is 11.3. The minimum Gasteiger partial charge on any atom is -0.114 e. The Morgan fingerprint density at radius 3 is 1.52 bits per heavy atom. The highest BCUT2D eigenvalue weighted by Gasteiger charge is 2.15. The summed E-state index contributed by atoms with van der Waals surface area (Å²) in [7, 11) is -0.492. The molecule has 3 rings (SSSR count). The lowest BCUT2D eigenvalue weighted by Crippen LogP contribution is -2.20. The van der Waals surface area contributed by atoms with E-state index in [1.165, 1.54) is 15.9 Å². The molecule has 106 valence electrons. The second-order valence-electron chi connectivity index (χ2n) is 4.49. The molecule has 0 heterocycles. The van der Waals surface area contributed by atoms with E-state index in [-0.39, 0.29) is 17.0 Å². The van der Waals surface area contributed by atoms with Crippen molar-refractivity contribution in [1.29, 1.82) is 0 Å². The summed E-state index contributed by atoms with van der Waals surface area (Å²) < 4.78 is 1.13. The maximum Gasteiger partial charge on any atom is 0.0181 e. The Morgan fingerprint density at radius 2 is 1.05 bits per heavy atom. The summed E-state index contributed by atoms with van der Waals surface area (Å²) in [6, 6.07) is 30.1. The lowest BCUT2D eigenvalue weighted by molar-refractivity contribution is 1.69. The van der Waals surface area contributed by atoms with Crippen LogP contribution in [0.4, 0.5) is 0 Å². The third kappa shape index (κ3) is 4.03. The van der Waals surface area contributed by atoms with Crippen molar-refractivity contribution in [2.75, 3.05) is 0 Å². The standard InChI is InChI=1S/C18H14BrP.BrH/c19-15-8-7-13-18(14-15)20(16-9-3-1-4-10-16)17-11-5-2-6-12-17;/h1-14H;1H. The van der Waals surface area contributed by atoms with Crippen LogP contribution in [-0.2, 0) is 0 Å². The van der Waals surface area contributed by atoms with E-state index in [9.17, 15) is 0 Å². The second kappa shape index (κ2) is 7.89. The average Bonchev–Trinajstić information content (AvgIpc) is 2.50. The number of benzene rings is 3. The van der Waals surface area contributed by atoms with E-state index in [2.05, 4.69) is 101 Å². The van der Waals surface area contributed by atoms with Crippen molar-refractivity contribution < 1.29 is 0 Å². The number of hydrogen-bond donors (Lipinski definition) is 0. The van der Waals surface area contributed by atoms with Crippen molar-refractivity contribution in [3.8, 4) is 0 Å². The van der Waals surface area contributed by atoms with Gasteiger partial charge in [-0.1, -0.05) is 88.7 Å². The Labute approximate surface area is 145 Å². The van der Waals surface area contributed by atoms with Crippen LogP contribution >= 0.6 is 40.8 Å². The summed E-state index contributed by atoms with van der Waals surface area (Å²) in [5.74, 6) is 0. The zero-order chi connectivity index (χ0) is 13.8. The Morgan fingerprint density at radius 1 is 0.571 bits per heavy atom. The monoisotopic (exact) mass is 420 g/mol. The van der Waals surface area contributed by atoms with Crippen molar-refractivity contribution in [3.63, 3.8) is 0 Å². The molecule has 0 bridgehead atoms. The molecule has 0 N–H and O–H groups in total. The Hall–Kier alpha value is -0.950. The molecule has 3 aromatic carbocycles. The van der Waals surface area contributed by atoms with Crippen molar-refractivity contribution in [3.05, 3.63) is 89.4 Å². The quantitative estimate of drug-likeness (QED) is 0.533. The molecule has 0 saturated heterocycles. The van der Waals surface area contributed by atoms with E-state index in [1.807, 2.05) is 0 Å². The van der Waals surface area contributed by atoms with E-state index in [0.29, 0.717) is 0 Å². The van der Waals surface area contributed by atoms with Gasteiger partial charge in [0, 0.05) is 4.47 Å². The first-order valence-corrected chi connectivity index (χ1v) is 8.64. The van der Waals surface area contributed by atoms with E-state index < -0.39 is 7.92 Å². The highest BCUT2D eigenvalue weighted by molar-refractivity contribution is 9.10. The minimum atomic E-state index is -0.492. The molecule has 0 aliphatic rings. The highest BCUT2D eigenvalue weighted by atomic mass is 79.9. The van der Waals surface area contributed by atoms with Gasteiger partial charge in [0.05, 0.1) is 0 Å². The summed E-state index contributed by atoms with van der Waals surface area (Å²) in [5.41, 5.74) is 0. The van der Waals surface area contributed by atoms with Gasteiger partial charge in [0.15, 0.2) is 0 Å². The highest BCUT2D eigenvalue weighted by Crippen LogP contribution is 2.33. The predicted octanol–water partition coefficient (Wildman–Crippen LogP) is 4.79. The van der Waals surface area contributed by atoms with Crippen molar-refractivity contribution >= 4 is 56.7 Å². The first-order valence-electron chi connectivity index (χ1n) is 6.50. The van der Waals surface area contributed by atoms with Gasteiger partial charge >= 0.3 is 0 Å². The van der Waals surface area contributed by atoms with Gasteiger partial charge in [0.25, 0.3) is 0 Å². The molecule has 3 aromatic rings. The van der Waals surface area contributed by atoms with Gasteiger partial charge in [-0.25, -0.2) is 0 Å². The van der Waals surface area contributed by atoms with Crippen LogP contribution in [0, 0.1) is 0 Å². The minimum absolute atomic E-state index is 0. The summed E-state index contributed by atoms with van der Waals surface area (Å²) in [5, 5.41) is 4.13. The predicted molar refractivity (Wildman–Crippen MR) is 103 cm³/mol. The van der Waals surface area contributed by atoms with Crippen molar-refractivity contribution in [2.24, 2.45) is 0 Å². The van der Waals surface area contributed by atoms with Crippen LogP contribution in [0.5, 0.6) is 0 Å². The molecule has 0 atom stereocenters. The van der Waals surface area contributed by atoms with E-state index >= 15 is 0 Å². The zero-order valence-corrected chi connectivity index (χ0v) is 15.5. The van der Waals surface area contributed by atoms with Crippen LogP contribution in [0.1, 0.15) is 0 Å².